The number of hydrogen-bond donors (Lipinski definition) is 1. The molecule has 1 saturated heterocycles. The second-order valence-corrected chi connectivity index (χ2v) is 4.61. The molecule has 0 aliphatic carbocycles. The molecule has 1 aliphatic heterocycles. The van der Waals surface area contributed by atoms with Crippen LogP contribution < -0.4 is 0 Å². The molecule has 1 atom stereocenters. The third-order valence-corrected chi connectivity index (χ3v) is 3.36. The maximum atomic E-state index is 11.3. The Kier molecular flexibility index (Phi) is 2.80. The Bertz CT molecular complexity index is 366. The summed E-state index contributed by atoms with van der Waals surface area (Å²) in [5.74, 6) is -0.803. The quantitative estimate of drug-likeness (QED) is 0.896. The number of halogens is 1. The van der Waals surface area contributed by atoms with Gasteiger partial charge in [0, 0.05) is 11.1 Å². The summed E-state index contributed by atoms with van der Waals surface area (Å²) in [6, 6.07) is 7.40. The van der Waals surface area contributed by atoms with Crippen molar-refractivity contribution in [3.05, 3.63) is 34.3 Å². The van der Waals surface area contributed by atoms with Gasteiger partial charge in [0.25, 0.3) is 0 Å². The Hall–Kier alpha value is -0.870. The van der Waals surface area contributed by atoms with E-state index < -0.39 is 11.4 Å². The van der Waals surface area contributed by atoms with Gasteiger partial charge in [0.05, 0.1) is 6.61 Å². The van der Waals surface area contributed by atoms with Gasteiger partial charge in [-0.05, 0) is 24.1 Å². The van der Waals surface area contributed by atoms with Crippen LogP contribution in [0.1, 0.15) is 12.0 Å². The van der Waals surface area contributed by atoms with E-state index in [1.165, 1.54) is 0 Å². The summed E-state index contributed by atoms with van der Waals surface area (Å²) in [5, 5.41) is 9.29. The van der Waals surface area contributed by atoms with Crippen molar-refractivity contribution in [1.29, 1.82) is 0 Å². The zero-order valence-electron chi connectivity index (χ0n) is 8.07. The molecule has 1 fully saturated rings. The molecule has 0 spiro atoms. The second kappa shape index (κ2) is 3.94. The number of ether oxygens (including phenoxy) is 1. The van der Waals surface area contributed by atoms with E-state index in [4.69, 9.17) is 4.74 Å². The Morgan fingerprint density at radius 2 is 2.07 bits per heavy atom. The lowest BCUT2D eigenvalue weighted by atomic mass is 9.80. The Morgan fingerprint density at radius 1 is 1.40 bits per heavy atom. The van der Waals surface area contributed by atoms with E-state index in [9.17, 15) is 9.90 Å². The summed E-state index contributed by atoms with van der Waals surface area (Å²) in [5.41, 5.74) is -0.0311. The Balaban J connectivity index is 2.41. The highest BCUT2D eigenvalue weighted by Gasteiger charge is 2.44. The summed E-state index contributed by atoms with van der Waals surface area (Å²) in [4.78, 5) is 11.3. The molecular formula is C11H11BrO3. The van der Waals surface area contributed by atoms with Gasteiger partial charge < -0.3 is 9.84 Å². The summed E-state index contributed by atoms with van der Waals surface area (Å²) < 4.78 is 6.16. The van der Waals surface area contributed by atoms with Crippen LogP contribution in [-0.4, -0.2) is 24.3 Å². The normalized spacial score (nSPS) is 25.4. The van der Waals surface area contributed by atoms with E-state index in [0.717, 1.165) is 10.0 Å². The van der Waals surface area contributed by atoms with Crippen LogP contribution in [0.2, 0.25) is 0 Å². The minimum absolute atomic E-state index is 0.268. The minimum Gasteiger partial charge on any atom is -0.481 e. The van der Waals surface area contributed by atoms with E-state index in [1.807, 2.05) is 24.3 Å². The largest absolute Gasteiger partial charge is 0.481 e. The van der Waals surface area contributed by atoms with Crippen LogP contribution in [0.4, 0.5) is 0 Å². The van der Waals surface area contributed by atoms with Gasteiger partial charge >= 0.3 is 5.97 Å². The summed E-state index contributed by atoms with van der Waals surface area (Å²) in [6.45, 7) is 0.784. The average molecular weight is 271 g/mol. The maximum absolute atomic E-state index is 11.3. The van der Waals surface area contributed by atoms with Crippen molar-refractivity contribution in [3.8, 4) is 0 Å². The maximum Gasteiger partial charge on any atom is 0.316 e. The fourth-order valence-corrected chi connectivity index (χ4v) is 2.12. The van der Waals surface area contributed by atoms with Crippen molar-refractivity contribution in [2.45, 2.75) is 11.8 Å². The van der Waals surface area contributed by atoms with E-state index in [2.05, 4.69) is 15.9 Å². The van der Waals surface area contributed by atoms with E-state index >= 15 is 0 Å². The first-order chi connectivity index (χ1) is 7.15. The molecule has 1 N–H and O–H groups in total. The van der Waals surface area contributed by atoms with Crippen molar-refractivity contribution in [2.75, 3.05) is 13.2 Å². The third kappa shape index (κ3) is 1.79. The van der Waals surface area contributed by atoms with Gasteiger partial charge in [-0.3, -0.25) is 4.79 Å². The molecule has 0 radical (unpaired) electrons. The number of carboxylic acids is 1. The van der Waals surface area contributed by atoms with E-state index in [1.54, 1.807) is 0 Å². The van der Waals surface area contributed by atoms with Gasteiger partial charge in [-0.15, -0.1) is 0 Å². The predicted molar refractivity (Wildman–Crippen MR) is 58.9 cm³/mol. The molecule has 2 rings (SSSR count). The topological polar surface area (TPSA) is 46.5 Å². The molecule has 0 amide bonds. The van der Waals surface area contributed by atoms with E-state index in [-0.39, 0.29) is 6.61 Å². The lowest BCUT2D eigenvalue weighted by molar-refractivity contribution is -0.143. The summed E-state index contributed by atoms with van der Waals surface area (Å²) in [6.07, 6.45) is 0.546. The van der Waals surface area contributed by atoms with Crippen LogP contribution in [0, 0.1) is 0 Å². The Labute approximate surface area is 96.2 Å². The minimum atomic E-state index is -0.847. The first-order valence-corrected chi connectivity index (χ1v) is 5.52. The second-order valence-electron chi connectivity index (χ2n) is 3.70. The molecule has 0 bridgehead atoms. The van der Waals surface area contributed by atoms with Crippen molar-refractivity contribution < 1.29 is 14.6 Å². The van der Waals surface area contributed by atoms with Crippen LogP contribution in [-0.2, 0) is 14.9 Å². The number of hydrogen-bond acceptors (Lipinski definition) is 2. The molecule has 1 heterocycles. The molecule has 1 aromatic carbocycles. The highest BCUT2D eigenvalue weighted by molar-refractivity contribution is 9.10. The standard InChI is InChI=1S/C11H11BrO3/c12-9-3-1-8(2-4-9)11(10(13)14)5-6-15-7-11/h1-4H,5-7H2,(H,13,14). The van der Waals surface area contributed by atoms with Crippen molar-refractivity contribution in [2.24, 2.45) is 0 Å². The number of carbonyl (C=O) groups is 1. The first-order valence-electron chi connectivity index (χ1n) is 4.72. The molecule has 15 heavy (non-hydrogen) atoms. The fourth-order valence-electron chi connectivity index (χ4n) is 1.85. The monoisotopic (exact) mass is 270 g/mol. The van der Waals surface area contributed by atoms with Gasteiger partial charge in [0.1, 0.15) is 5.41 Å². The number of rotatable bonds is 2. The zero-order valence-corrected chi connectivity index (χ0v) is 9.66. The van der Waals surface area contributed by atoms with Crippen molar-refractivity contribution in [1.82, 2.24) is 0 Å². The number of benzene rings is 1. The lowest BCUT2D eigenvalue weighted by Crippen LogP contribution is -2.36. The van der Waals surface area contributed by atoms with Gasteiger partial charge in [0.15, 0.2) is 0 Å². The predicted octanol–water partition coefficient (Wildman–Crippen LogP) is 2.19. The van der Waals surface area contributed by atoms with E-state index in [0.29, 0.717) is 13.0 Å². The highest BCUT2D eigenvalue weighted by Crippen LogP contribution is 2.34. The van der Waals surface area contributed by atoms with Crippen molar-refractivity contribution >= 4 is 21.9 Å². The summed E-state index contributed by atoms with van der Waals surface area (Å²) in [7, 11) is 0. The van der Waals surface area contributed by atoms with Crippen LogP contribution in [0.3, 0.4) is 0 Å². The van der Waals surface area contributed by atoms with Crippen LogP contribution in [0.15, 0.2) is 28.7 Å². The molecular weight excluding hydrogens is 260 g/mol. The zero-order chi connectivity index (χ0) is 10.9. The fraction of sp³-hybridized carbons (Fsp3) is 0.364. The SMILES string of the molecule is O=C(O)C1(c2ccc(Br)cc2)CCOC1. The smallest absolute Gasteiger partial charge is 0.316 e. The lowest BCUT2D eigenvalue weighted by Gasteiger charge is -2.22. The van der Waals surface area contributed by atoms with Crippen LogP contribution in [0.25, 0.3) is 0 Å². The van der Waals surface area contributed by atoms with Crippen LogP contribution >= 0.6 is 15.9 Å². The molecule has 1 unspecified atom stereocenters. The molecule has 1 aliphatic rings. The highest BCUT2D eigenvalue weighted by atomic mass is 79.9. The van der Waals surface area contributed by atoms with Crippen molar-refractivity contribution in [3.63, 3.8) is 0 Å². The van der Waals surface area contributed by atoms with Crippen LogP contribution in [0.5, 0.6) is 0 Å². The third-order valence-electron chi connectivity index (χ3n) is 2.83. The van der Waals surface area contributed by atoms with Gasteiger partial charge in [-0.1, -0.05) is 28.1 Å². The number of carboxylic acid groups (broad SMARTS) is 1. The molecule has 80 valence electrons. The molecule has 0 saturated carbocycles. The Morgan fingerprint density at radius 3 is 2.53 bits per heavy atom. The van der Waals surface area contributed by atoms with Gasteiger partial charge in [-0.2, -0.15) is 0 Å². The molecule has 0 aromatic heterocycles. The molecule has 4 heteroatoms. The van der Waals surface area contributed by atoms with Gasteiger partial charge in [0.2, 0.25) is 0 Å². The first kappa shape index (κ1) is 10.6. The molecule has 1 aromatic rings. The average Bonchev–Trinajstić information content (AvgIpc) is 2.69. The molecule has 3 nitrogen and oxygen atoms in total. The van der Waals surface area contributed by atoms with Gasteiger partial charge in [-0.25, -0.2) is 0 Å². The summed E-state index contributed by atoms with van der Waals surface area (Å²) >= 11 is 3.33. The number of aliphatic carboxylic acids is 1.